The van der Waals surface area contributed by atoms with Gasteiger partial charge in [-0.1, -0.05) is 47.5 Å². The molecule has 0 saturated heterocycles. The minimum absolute atomic E-state index is 0.276. The first kappa shape index (κ1) is 20.1. The molecule has 0 bridgehead atoms. The molecule has 0 radical (unpaired) electrons. The van der Waals surface area contributed by atoms with Crippen LogP contribution in [0, 0.1) is 13.8 Å². The van der Waals surface area contributed by atoms with Gasteiger partial charge in [-0.25, -0.2) is 0 Å². The summed E-state index contributed by atoms with van der Waals surface area (Å²) in [5.41, 5.74) is 3.89. The standard InChI is InChI=1S/C24H24N2O3/c1-16-7-11-18(12-8-16)23(27)25-22(20-5-4-6-21(15-20)29-3)26-24(28)19-13-9-17(2)10-14-19/h4-15,22H,1-3H3,(H,25,27)(H,26,28). The van der Waals surface area contributed by atoms with Gasteiger partial charge in [0, 0.05) is 11.1 Å². The lowest BCUT2D eigenvalue weighted by Gasteiger charge is -2.21. The fraction of sp³-hybridized carbons (Fsp3) is 0.167. The van der Waals surface area contributed by atoms with Crippen LogP contribution in [0.5, 0.6) is 5.75 Å². The van der Waals surface area contributed by atoms with E-state index in [1.807, 2.05) is 56.3 Å². The van der Waals surface area contributed by atoms with Crippen molar-refractivity contribution in [3.63, 3.8) is 0 Å². The number of rotatable bonds is 6. The van der Waals surface area contributed by atoms with E-state index in [0.717, 1.165) is 11.1 Å². The molecule has 0 fully saturated rings. The molecule has 5 nitrogen and oxygen atoms in total. The number of carbonyl (C=O) groups excluding carboxylic acids is 2. The van der Waals surface area contributed by atoms with Crippen LogP contribution in [0.3, 0.4) is 0 Å². The molecule has 0 aliphatic heterocycles. The molecule has 148 valence electrons. The highest BCUT2D eigenvalue weighted by Gasteiger charge is 2.19. The van der Waals surface area contributed by atoms with E-state index in [9.17, 15) is 9.59 Å². The van der Waals surface area contributed by atoms with E-state index in [1.165, 1.54) is 0 Å². The van der Waals surface area contributed by atoms with Crippen LogP contribution in [-0.4, -0.2) is 18.9 Å². The van der Waals surface area contributed by atoms with Crippen molar-refractivity contribution < 1.29 is 14.3 Å². The lowest BCUT2D eigenvalue weighted by Crippen LogP contribution is -2.41. The number of carbonyl (C=O) groups is 2. The number of ether oxygens (including phenoxy) is 1. The molecule has 29 heavy (non-hydrogen) atoms. The van der Waals surface area contributed by atoms with E-state index in [1.54, 1.807) is 37.4 Å². The van der Waals surface area contributed by atoms with E-state index >= 15 is 0 Å². The Morgan fingerprint density at radius 2 is 1.24 bits per heavy atom. The van der Waals surface area contributed by atoms with Crippen LogP contribution in [0.25, 0.3) is 0 Å². The van der Waals surface area contributed by atoms with Crippen molar-refractivity contribution in [1.82, 2.24) is 10.6 Å². The highest BCUT2D eigenvalue weighted by Crippen LogP contribution is 2.19. The maximum atomic E-state index is 12.8. The Bertz CT molecular complexity index is 936. The van der Waals surface area contributed by atoms with Gasteiger partial charge in [-0.05, 0) is 55.8 Å². The van der Waals surface area contributed by atoms with Gasteiger partial charge in [-0.15, -0.1) is 0 Å². The molecule has 0 aromatic heterocycles. The first-order valence-electron chi connectivity index (χ1n) is 9.35. The lowest BCUT2D eigenvalue weighted by molar-refractivity contribution is 0.0883. The van der Waals surface area contributed by atoms with E-state index in [2.05, 4.69) is 10.6 Å². The lowest BCUT2D eigenvalue weighted by atomic mass is 10.1. The summed E-state index contributed by atoms with van der Waals surface area (Å²) in [4.78, 5) is 25.5. The maximum Gasteiger partial charge on any atom is 0.253 e. The van der Waals surface area contributed by atoms with Gasteiger partial charge < -0.3 is 15.4 Å². The second kappa shape index (κ2) is 9.06. The van der Waals surface area contributed by atoms with Gasteiger partial charge in [0.25, 0.3) is 11.8 Å². The fourth-order valence-corrected chi connectivity index (χ4v) is 2.86. The Balaban J connectivity index is 1.86. The van der Waals surface area contributed by atoms with Gasteiger partial charge in [0.2, 0.25) is 0 Å². The predicted octanol–water partition coefficient (Wildman–Crippen LogP) is 4.17. The Hall–Kier alpha value is -3.60. The van der Waals surface area contributed by atoms with E-state index in [0.29, 0.717) is 22.4 Å². The zero-order chi connectivity index (χ0) is 20.8. The fourth-order valence-electron chi connectivity index (χ4n) is 2.86. The average molecular weight is 388 g/mol. The van der Waals surface area contributed by atoms with Crippen LogP contribution in [0.15, 0.2) is 72.8 Å². The number of methoxy groups -OCH3 is 1. The summed E-state index contributed by atoms with van der Waals surface area (Å²) < 4.78 is 5.29. The summed E-state index contributed by atoms with van der Waals surface area (Å²) in [6.45, 7) is 3.92. The van der Waals surface area contributed by atoms with Crippen LogP contribution in [0.2, 0.25) is 0 Å². The van der Waals surface area contributed by atoms with Crippen molar-refractivity contribution in [2.45, 2.75) is 20.0 Å². The molecule has 0 unspecified atom stereocenters. The molecule has 0 saturated carbocycles. The van der Waals surface area contributed by atoms with Crippen molar-refractivity contribution in [1.29, 1.82) is 0 Å². The first-order chi connectivity index (χ1) is 14.0. The van der Waals surface area contributed by atoms with Crippen molar-refractivity contribution in [2.24, 2.45) is 0 Å². The number of benzene rings is 3. The molecule has 3 aromatic rings. The topological polar surface area (TPSA) is 67.4 Å². The minimum atomic E-state index is -0.715. The van der Waals surface area contributed by atoms with Gasteiger partial charge in [0.15, 0.2) is 0 Å². The Morgan fingerprint density at radius 1 is 0.759 bits per heavy atom. The molecule has 0 spiro atoms. The van der Waals surface area contributed by atoms with Crippen LogP contribution >= 0.6 is 0 Å². The molecular weight excluding hydrogens is 364 g/mol. The van der Waals surface area contributed by atoms with Crippen LogP contribution in [-0.2, 0) is 0 Å². The molecule has 2 N–H and O–H groups in total. The Labute approximate surface area is 170 Å². The molecule has 0 aliphatic carbocycles. The third kappa shape index (κ3) is 5.23. The van der Waals surface area contributed by atoms with Crippen molar-refractivity contribution >= 4 is 11.8 Å². The van der Waals surface area contributed by atoms with Gasteiger partial charge in [0.1, 0.15) is 11.9 Å². The Kier molecular flexibility index (Phi) is 6.29. The van der Waals surface area contributed by atoms with Gasteiger partial charge in [0.05, 0.1) is 7.11 Å². The summed E-state index contributed by atoms with van der Waals surface area (Å²) in [7, 11) is 1.57. The van der Waals surface area contributed by atoms with Crippen molar-refractivity contribution in [2.75, 3.05) is 7.11 Å². The summed E-state index contributed by atoms with van der Waals surface area (Å²) >= 11 is 0. The molecule has 3 aromatic carbocycles. The SMILES string of the molecule is COc1cccc(C(NC(=O)c2ccc(C)cc2)NC(=O)c2ccc(C)cc2)c1. The number of amides is 2. The van der Waals surface area contributed by atoms with Crippen LogP contribution in [0.1, 0.15) is 43.6 Å². The summed E-state index contributed by atoms with van der Waals surface area (Å²) in [5, 5.41) is 5.81. The number of nitrogens with one attached hydrogen (secondary N) is 2. The average Bonchev–Trinajstić information content (AvgIpc) is 2.74. The molecule has 3 rings (SSSR count). The zero-order valence-electron chi connectivity index (χ0n) is 16.7. The number of aryl methyl sites for hydroxylation is 2. The highest BCUT2D eigenvalue weighted by molar-refractivity contribution is 5.96. The molecule has 2 amide bonds. The largest absolute Gasteiger partial charge is 0.497 e. The van der Waals surface area contributed by atoms with E-state index < -0.39 is 6.17 Å². The first-order valence-corrected chi connectivity index (χ1v) is 9.35. The normalized spacial score (nSPS) is 10.5. The monoisotopic (exact) mass is 388 g/mol. The molecule has 5 heteroatoms. The van der Waals surface area contributed by atoms with Crippen LogP contribution in [0.4, 0.5) is 0 Å². The smallest absolute Gasteiger partial charge is 0.253 e. The van der Waals surface area contributed by atoms with Crippen LogP contribution < -0.4 is 15.4 Å². The molecule has 0 heterocycles. The predicted molar refractivity (Wildman–Crippen MR) is 113 cm³/mol. The quantitative estimate of drug-likeness (QED) is 0.623. The van der Waals surface area contributed by atoms with Gasteiger partial charge >= 0.3 is 0 Å². The Morgan fingerprint density at radius 3 is 1.69 bits per heavy atom. The molecular formula is C24H24N2O3. The van der Waals surface area contributed by atoms with Crippen molar-refractivity contribution in [3.8, 4) is 5.75 Å². The summed E-state index contributed by atoms with van der Waals surface area (Å²) in [5.74, 6) is 0.0886. The second-order valence-electron chi connectivity index (χ2n) is 6.89. The third-order valence-corrected chi connectivity index (χ3v) is 4.61. The number of hydrogen-bond acceptors (Lipinski definition) is 3. The van der Waals surface area contributed by atoms with Crippen molar-refractivity contribution in [3.05, 3.63) is 101 Å². The number of hydrogen-bond donors (Lipinski definition) is 2. The summed E-state index contributed by atoms with van der Waals surface area (Å²) in [6, 6.07) is 21.8. The maximum absolute atomic E-state index is 12.8. The van der Waals surface area contributed by atoms with E-state index in [-0.39, 0.29) is 11.8 Å². The van der Waals surface area contributed by atoms with Gasteiger partial charge in [-0.3, -0.25) is 9.59 Å². The third-order valence-electron chi connectivity index (χ3n) is 4.61. The second-order valence-corrected chi connectivity index (χ2v) is 6.89. The highest BCUT2D eigenvalue weighted by atomic mass is 16.5. The molecule has 0 atom stereocenters. The molecule has 0 aliphatic rings. The van der Waals surface area contributed by atoms with Gasteiger partial charge in [-0.2, -0.15) is 0 Å². The minimum Gasteiger partial charge on any atom is -0.497 e. The zero-order valence-corrected chi connectivity index (χ0v) is 16.7. The summed E-state index contributed by atoms with van der Waals surface area (Å²) in [6.07, 6.45) is -0.715. The van der Waals surface area contributed by atoms with E-state index in [4.69, 9.17) is 4.74 Å².